The van der Waals surface area contributed by atoms with Crippen LogP contribution in [0.2, 0.25) is 5.04 Å². The minimum Gasteiger partial charge on any atom is -1.00 e. The van der Waals surface area contributed by atoms with Crippen molar-refractivity contribution in [2.75, 3.05) is 0 Å². The van der Waals surface area contributed by atoms with E-state index in [9.17, 15) is 0 Å². The maximum atomic E-state index is 2.61. The van der Waals surface area contributed by atoms with Crippen molar-refractivity contribution in [3.05, 3.63) is 110 Å². The average molecular weight is 702 g/mol. The van der Waals surface area contributed by atoms with E-state index in [1.807, 2.05) is 0 Å². The van der Waals surface area contributed by atoms with Crippen molar-refractivity contribution in [1.29, 1.82) is 0 Å². The van der Waals surface area contributed by atoms with Crippen LogP contribution in [-0.4, -0.2) is 8.07 Å². The van der Waals surface area contributed by atoms with Gasteiger partial charge in [0.05, 0.1) is 0 Å². The minimum atomic E-state index is -2.75. The smallest absolute Gasteiger partial charge is 1.00 e. The van der Waals surface area contributed by atoms with E-state index in [0.717, 1.165) is 0 Å². The molecule has 0 fully saturated rings. The summed E-state index contributed by atoms with van der Waals surface area (Å²) in [6.45, 7) is 28.6. The van der Waals surface area contributed by atoms with Crippen LogP contribution in [0.5, 0.6) is 0 Å². The fourth-order valence-corrected chi connectivity index (χ4v) is 14.8. The van der Waals surface area contributed by atoms with Gasteiger partial charge in [0, 0.05) is 0 Å². The molecule has 1 atom stereocenters. The van der Waals surface area contributed by atoms with E-state index in [-0.39, 0.29) is 42.3 Å². The molecule has 0 heterocycles. The number of allylic oxidation sites excluding steroid dienone is 4. The first-order valence-electron chi connectivity index (χ1n) is 15.6. The zero-order valence-electron chi connectivity index (χ0n) is 28.8. The second kappa shape index (κ2) is 15.7. The molecule has 1 aliphatic carbocycles. The molecule has 0 saturated carbocycles. The van der Waals surface area contributed by atoms with Crippen LogP contribution in [0.4, 0.5) is 0 Å². The Morgan fingerprint density at radius 2 is 0.864 bits per heavy atom. The Morgan fingerprint density at radius 1 is 0.523 bits per heavy atom. The minimum absolute atomic E-state index is 0. The molecule has 44 heavy (non-hydrogen) atoms. The molecule has 4 rings (SSSR count). The van der Waals surface area contributed by atoms with E-state index >= 15 is 0 Å². The zero-order chi connectivity index (χ0) is 30.4. The largest absolute Gasteiger partial charge is 1.00 e. The molecule has 0 N–H and O–H groups in total. The molecule has 0 aromatic heterocycles. The van der Waals surface area contributed by atoms with Crippen LogP contribution < -0.4 is 52.8 Å². The molecule has 0 radical (unpaired) electrons. The van der Waals surface area contributed by atoms with Crippen molar-refractivity contribution >= 4 is 23.6 Å². The Hall–Kier alpha value is -1.06. The van der Waals surface area contributed by atoms with Crippen molar-refractivity contribution in [2.24, 2.45) is 0 Å². The van der Waals surface area contributed by atoms with Gasteiger partial charge in [-0.3, -0.25) is 0 Å². The monoisotopic (exact) mass is 700 g/mol. The van der Waals surface area contributed by atoms with Gasteiger partial charge in [-0.1, -0.05) is 0 Å². The molecule has 0 saturated heterocycles. The molecule has 1 unspecified atom stereocenters. The third-order valence-corrected chi connectivity index (χ3v) is 17.6. The van der Waals surface area contributed by atoms with Crippen LogP contribution in [0.1, 0.15) is 129 Å². The van der Waals surface area contributed by atoms with Crippen molar-refractivity contribution < 1.29 is 57.7 Å². The number of rotatable bonds is 8. The normalized spacial score (nSPS) is 17.0. The molecule has 3 aromatic rings. The van der Waals surface area contributed by atoms with E-state index in [1.54, 1.807) is 19.8 Å². The molecular formula is C39H51Cl3SiTi. The zero-order valence-corrected chi connectivity index (χ0v) is 33.6. The summed E-state index contributed by atoms with van der Waals surface area (Å²) in [6, 6.07) is 27.1. The van der Waals surface area contributed by atoms with Crippen LogP contribution in [0.15, 0.2) is 87.3 Å². The summed E-state index contributed by atoms with van der Waals surface area (Å²) in [5.74, 6) is 1.88. The van der Waals surface area contributed by atoms with E-state index in [1.165, 1.54) is 38.6 Å². The first-order valence-corrected chi connectivity index (χ1v) is 18.4. The van der Waals surface area contributed by atoms with Crippen LogP contribution >= 0.6 is 0 Å². The number of hydrogen-bond acceptors (Lipinski definition) is 0. The van der Waals surface area contributed by atoms with E-state index < -0.39 is 8.07 Å². The van der Waals surface area contributed by atoms with Crippen molar-refractivity contribution in [3.63, 3.8) is 0 Å². The Bertz CT molecular complexity index is 1360. The SMILES string of the molecule is CC1=C(C)C(C)([Si](c2ccccc2)(c2cc(C(C)C)cc(C(C)C)c2)c2cc(C(C)C)cc(C(C)C)c2)[C]([Ti+3])=C1C.[Cl-].[Cl-].[Cl-]. The van der Waals surface area contributed by atoms with Gasteiger partial charge in [0.25, 0.3) is 0 Å². The van der Waals surface area contributed by atoms with E-state index in [4.69, 9.17) is 0 Å². The summed E-state index contributed by atoms with van der Waals surface area (Å²) in [5, 5.41) is 4.52. The quantitative estimate of drug-likeness (QED) is 0.239. The maximum absolute atomic E-state index is 2.75. The van der Waals surface area contributed by atoms with Crippen molar-refractivity contribution in [1.82, 2.24) is 0 Å². The molecule has 0 nitrogen and oxygen atoms in total. The van der Waals surface area contributed by atoms with Gasteiger partial charge in [-0.25, -0.2) is 0 Å². The molecule has 0 bridgehead atoms. The van der Waals surface area contributed by atoms with Gasteiger partial charge >= 0.3 is 265 Å². The Labute approximate surface area is 300 Å². The Kier molecular flexibility index (Phi) is 14.6. The van der Waals surface area contributed by atoms with E-state index in [2.05, 4.69) is 170 Å². The molecule has 1 aliphatic rings. The molecule has 3 aromatic carbocycles. The number of benzene rings is 3. The van der Waals surface area contributed by atoms with Gasteiger partial charge in [-0.05, 0) is 0 Å². The second-order valence-electron chi connectivity index (χ2n) is 13.9. The van der Waals surface area contributed by atoms with Crippen LogP contribution in [0.25, 0.3) is 0 Å². The van der Waals surface area contributed by atoms with Crippen LogP contribution in [0.3, 0.4) is 0 Å². The van der Waals surface area contributed by atoms with Gasteiger partial charge in [0.2, 0.25) is 0 Å². The third-order valence-electron chi connectivity index (χ3n) is 10.2. The predicted molar refractivity (Wildman–Crippen MR) is 180 cm³/mol. The topological polar surface area (TPSA) is 0 Å². The summed E-state index contributed by atoms with van der Waals surface area (Å²) in [6.07, 6.45) is 0. The second-order valence-corrected chi connectivity index (χ2v) is 18.9. The standard InChI is InChI=1S/C39H51Si.3ClH.Ti/c1-25(2)32-18-33(26(3)4)21-37(20-32)40(36-16-14-13-15-17-36,39(12)24-29(9)30(10)31(39)11)38-22-34(27(5)6)19-35(23-38)28(7)8;;;;/h13-23,25-28H,1-12H3;3*1H;/q;;;;+3/p-3. The number of halogens is 3. The van der Waals surface area contributed by atoms with Gasteiger partial charge < -0.3 is 37.2 Å². The van der Waals surface area contributed by atoms with Gasteiger partial charge in [-0.2, -0.15) is 0 Å². The van der Waals surface area contributed by atoms with Crippen molar-refractivity contribution in [2.45, 2.75) is 112 Å². The summed E-state index contributed by atoms with van der Waals surface area (Å²) in [4.78, 5) is 0. The van der Waals surface area contributed by atoms with Gasteiger partial charge in [-0.15, -0.1) is 0 Å². The third kappa shape index (κ3) is 6.81. The molecule has 0 amide bonds. The summed E-state index contributed by atoms with van der Waals surface area (Å²) in [5.41, 5.74) is 10.3. The first kappa shape index (κ1) is 41.0. The Morgan fingerprint density at radius 3 is 1.14 bits per heavy atom. The number of hydrogen-bond donors (Lipinski definition) is 0. The predicted octanol–water partition coefficient (Wildman–Crippen LogP) is 0.594. The van der Waals surface area contributed by atoms with Gasteiger partial charge in [0.15, 0.2) is 0 Å². The summed E-state index contributed by atoms with van der Waals surface area (Å²) in [7, 11) is -2.75. The molecule has 5 heteroatoms. The summed E-state index contributed by atoms with van der Waals surface area (Å²) >= 11 is 2.44. The molecular weight excluding hydrogens is 651 g/mol. The molecule has 0 aliphatic heterocycles. The Balaban J connectivity index is 0.00000323. The summed E-state index contributed by atoms with van der Waals surface area (Å²) < 4.78 is 1.55. The van der Waals surface area contributed by atoms with Crippen LogP contribution in [-0.2, 0) is 20.4 Å². The fraction of sp³-hybridized carbons (Fsp3) is 0.436. The van der Waals surface area contributed by atoms with Crippen LogP contribution in [0, 0.1) is 0 Å². The fourth-order valence-electron chi connectivity index (χ4n) is 7.05. The average Bonchev–Trinajstić information content (AvgIpc) is 3.09. The van der Waals surface area contributed by atoms with E-state index in [0.29, 0.717) is 23.7 Å². The molecule has 236 valence electrons. The maximum Gasteiger partial charge on any atom is -1.00 e. The molecule has 0 spiro atoms. The van der Waals surface area contributed by atoms with Gasteiger partial charge in [0.1, 0.15) is 0 Å². The van der Waals surface area contributed by atoms with Crippen molar-refractivity contribution in [3.8, 4) is 0 Å². The first-order chi connectivity index (χ1) is 19.2.